The predicted molar refractivity (Wildman–Crippen MR) is 83.7 cm³/mol. The molecule has 2 heterocycles. The lowest BCUT2D eigenvalue weighted by molar-refractivity contribution is -0.137. The summed E-state index contributed by atoms with van der Waals surface area (Å²) >= 11 is 0. The number of rotatable bonds is 3. The van der Waals surface area contributed by atoms with Gasteiger partial charge in [-0.15, -0.1) is 0 Å². The van der Waals surface area contributed by atoms with Gasteiger partial charge in [0.1, 0.15) is 11.6 Å². The summed E-state index contributed by atoms with van der Waals surface area (Å²) in [6.45, 7) is 1.82. The number of hydrogen-bond donors (Lipinski definition) is 0. The van der Waals surface area contributed by atoms with Crippen LogP contribution in [0.4, 0.5) is 17.6 Å². The van der Waals surface area contributed by atoms with Crippen LogP contribution in [0.1, 0.15) is 11.1 Å². The van der Waals surface area contributed by atoms with E-state index in [1.807, 2.05) is 6.92 Å². The minimum absolute atomic E-state index is 0.0808. The molecule has 25 heavy (non-hydrogen) atoms. The molecule has 0 spiro atoms. The fraction of sp³-hybridized carbons (Fsp3) is 0.111. The van der Waals surface area contributed by atoms with E-state index in [-0.39, 0.29) is 11.6 Å². The zero-order chi connectivity index (χ0) is 18.0. The van der Waals surface area contributed by atoms with Gasteiger partial charge in [-0.2, -0.15) is 13.2 Å². The Kier molecular flexibility index (Phi) is 4.39. The highest BCUT2D eigenvalue weighted by Gasteiger charge is 2.30. The molecule has 3 aromatic rings. The van der Waals surface area contributed by atoms with Crippen molar-refractivity contribution in [3.63, 3.8) is 0 Å². The summed E-state index contributed by atoms with van der Waals surface area (Å²) in [5.74, 6) is -0.315. The Hall–Kier alpha value is -2.96. The van der Waals surface area contributed by atoms with Gasteiger partial charge in [-0.25, -0.2) is 9.37 Å². The van der Waals surface area contributed by atoms with Crippen molar-refractivity contribution >= 4 is 0 Å². The van der Waals surface area contributed by atoms with Crippen LogP contribution in [-0.4, -0.2) is 9.97 Å². The number of alkyl halides is 3. The molecule has 0 saturated carbocycles. The van der Waals surface area contributed by atoms with Crippen LogP contribution < -0.4 is 4.74 Å². The zero-order valence-electron chi connectivity index (χ0n) is 13.0. The van der Waals surface area contributed by atoms with Crippen LogP contribution in [-0.2, 0) is 6.18 Å². The molecule has 0 amide bonds. The molecule has 0 bridgehead atoms. The molecule has 0 saturated heterocycles. The van der Waals surface area contributed by atoms with Gasteiger partial charge in [0.2, 0.25) is 5.88 Å². The Labute approximate surface area is 140 Å². The van der Waals surface area contributed by atoms with Gasteiger partial charge in [0.05, 0.1) is 11.8 Å². The van der Waals surface area contributed by atoms with Gasteiger partial charge in [-0.3, -0.25) is 4.98 Å². The average molecular weight is 348 g/mol. The molecule has 0 N–H and O–H groups in total. The molecule has 0 aliphatic carbocycles. The topological polar surface area (TPSA) is 35.0 Å². The zero-order valence-corrected chi connectivity index (χ0v) is 13.0. The van der Waals surface area contributed by atoms with Crippen molar-refractivity contribution in [1.29, 1.82) is 0 Å². The van der Waals surface area contributed by atoms with Gasteiger partial charge in [0.15, 0.2) is 0 Å². The number of nitrogens with zero attached hydrogens (tertiary/aromatic N) is 2. The Morgan fingerprint density at radius 2 is 1.68 bits per heavy atom. The summed E-state index contributed by atoms with van der Waals surface area (Å²) in [6, 6.07) is 7.20. The number of halogens is 4. The molecular formula is C18H12F4N2O. The van der Waals surface area contributed by atoms with Crippen LogP contribution >= 0.6 is 0 Å². The molecule has 0 unspecified atom stereocenters. The standard InChI is InChI=1S/C18H12F4N2O/c1-11-6-7-23-10-16(11)15-8-13(19)9-24-17(15)25-14-4-2-12(3-5-14)18(20,21)22/h2-10H,1H3. The van der Waals surface area contributed by atoms with Crippen LogP contribution in [0.5, 0.6) is 11.6 Å². The van der Waals surface area contributed by atoms with E-state index in [1.54, 1.807) is 18.5 Å². The van der Waals surface area contributed by atoms with Crippen LogP contribution in [0, 0.1) is 12.7 Å². The minimum atomic E-state index is -4.43. The maximum Gasteiger partial charge on any atom is 0.416 e. The van der Waals surface area contributed by atoms with E-state index < -0.39 is 17.6 Å². The third kappa shape index (κ3) is 3.76. The quantitative estimate of drug-likeness (QED) is 0.594. The van der Waals surface area contributed by atoms with Crippen molar-refractivity contribution in [2.24, 2.45) is 0 Å². The lowest BCUT2D eigenvalue weighted by Gasteiger charge is -2.12. The Balaban J connectivity index is 1.97. The fourth-order valence-corrected chi connectivity index (χ4v) is 2.27. The predicted octanol–water partition coefficient (Wildman–Crippen LogP) is 5.40. The summed E-state index contributed by atoms with van der Waals surface area (Å²) in [6.07, 6.45) is -0.299. The molecule has 3 nitrogen and oxygen atoms in total. The third-order valence-corrected chi connectivity index (χ3v) is 3.54. The molecule has 7 heteroatoms. The Morgan fingerprint density at radius 1 is 0.960 bits per heavy atom. The van der Waals surface area contributed by atoms with Gasteiger partial charge >= 0.3 is 6.18 Å². The number of pyridine rings is 2. The minimum Gasteiger partial charge on any atom is -0.438 e. The molecule has 0 atom stereocenters. The first-order valence-electron chi connectivity index (χ1n) is 7.26. The SMILES string of the molecule is Cc1ccncc1-c1cc(F)cnc1Oc1ccc(C(F)(F)F)cc1. The average Bonchev–Trinajstić information content (AvgIpc) is 2.57. The monoisotopic (exact) mass is 348 g/mol. The Bertz CT molecular complexity index is 892. The second-order valence-electron chi connectivity index (χ2n) is 5.32. The number of ether oxygens (including phenoxy) is 1. The normalized spacial score (nSPS) is 11.4. The summed E-state index contributed by atoms with van der Waals surface area (Å²) in [7, 11) is 0. The van der Waals surface area contributed by atoms with Crippen molar-refractivity contribution in [3.8, 4) is 22.8 Å². The highest BCUT2D eigenvalue weighted by atomic mass is 19.4. The lowest BCUT2D eigenvalue weighted by atomic mass is 10.0. The molecule has 1 aromatic carbocycles. The number of aromatic nitrogens is 2. The molecule has 0 fully saturated rings. The molecule has 128 valence electrons. The molecule has 0 aliphatic rings. The summed E-state index contributed by atoms with van der Waals surface area (Å²) in [5, 5.41) is 0. The Morgan fingerprint density at radius 3 is 2.32 bits per heavy atom. The fourth-order valence-electron chi connectivity index (χ4n) is 2.27. The lowest BCUT2D eigenvalue weighted by Crippen LogP contribution is -2.04. The maximum absolute atomic E-state index is 13.6. The van der Waals surface area contributed by atoms with Crippen molar-refractivity contribution in [2.75, 3.05) is 0 Å². The smallest absolute Gasteiger partial charge is 0.416 e. The first-order valence-corrected chi connectivity index (χ1v) is 7.26. The molecule has 0 radical (unpaired) electrons. The second kappa shape index (κ2) is 6.51. The van der Waals surface area contributed by atoms with Crippen LogP contribution in [0.2, 0.25) is 0 Å². The highest BCUT2D eigenvalue weighted by Crippen LogP contribution is 2.35. The molecular weight excluding hydrogens is 336 g/mol. The van der Waals surface area contributed by atoms with Crippen LogP contribution in [0.15, 0.2) is 55.0 Å². The van der Waals surface area contributed by atoms with Gasteiger partial charge in [-0.05, 0) is 48.9 Å². The largest absolute Gasteiger partial charge is 0.438 e. The van der Waals surface area contributed by atoms with Gasteiger partial charge in [0.25, 0.3) is 0 Å². The second-order valence-corrected chi connectivity index (χ2v) is 5.32. The van der Waals surface area contributed by atoms with E-state index in [0.717, 1.165) is 23.9 Å². The molecule has 3 rings (SSSR count). The maximum atomic E-state index is 13.6. The van der Waals surface area contributed by atoms with Gasteiger partial charge in [-0.1, -0.05) is 0 Å². The highest BCUT2D eigenvalue weighted by molar-refractivity contribution is 5.71. The molecule has 2 aromatic heterocycles. The van der Waals surface area contributed by atoms with Crippen LogP contribution in [0.3, 0.4) is 0 Å². The number of benzene rings is 1. The van der Waals surface area contributed by atoms with Gasteiger partial charge in [0, 0.05) is 23.5 Å². The van der Waals surface area contributed by atoms with Crippen molar-refractivity contribution in [1.82, 2.24) is 9.97 Å². The first-order chi connectivity index (χ1) is 11.8. The van der Waals surface area contributed by atoms with Crippen molar-refractivity contribution in [3.05, 3.63) is 71.9 Å². The summed E-state index contributed by atoms with van der Waals surface area (Å²) in [5.41, 5.74) is 1.04. The summed E-state index contributed by atoms with van der Waals surface area (Å²) in [4.78, 5) is 7.92. The van der Waals surface area contributed by atoms with E-state index in [2.05, 4.69) is 9.97 Å². The number of aryl methyl sites for hydroxylation is 1. The van der Waals surface area contributed by atoms with Crippen LogP contribution in [0.25, 0.3) is 11.1 Å². The van der Waals surface area contributed by atoms with E-state index in [9.17, 15) is 17.6 Å². The molecule has 0 aliphatic heterocycles. The number of hydrogen-bond acceptors (Lipinski definition) is 3. The van der Waals surface area contributed by atoms with Gasteiger partial charge < -0.3 is 4.74 Å². The van der Waals surface area contributed by atoms with E-state index in [0.29, 0.717) is 11.1 Å². The third-order valence-electron chi connectivity index (χ3n) is 3.54. The van der Waals surface area contributed by atoms with Crippen molar-refractivity contribution < 1.29 is 22.3 Å². The van der Waals surface area contributed by atoms with E-state index in [1.165, 1.54) is 18.2 Å². The van der Waals surface area contributed by atoms with E-state index >= 15 is 0 Å². The summed E-state index contributed by atoms with van der Waals surface area (Å²) < 4.78 is 57.0. The first kappa shape index (κ1) is 16.9. The van der Waals surface area contributed by atoms with Crippen molar-refractivity contribution in [2.45, 2.75) is 13.1 Å². The van der Waals surface area contributed by atoms with E-state index in [4.69, 9.17) is 4.74 Å².